The zero-order valence-corrected chi connectivity index (χ0v) is 17.1. The van der Waals surface area contributed by atoms with Gasteiger partial charge in [0.2, 0.25) is 5.82 Å². The van der Waals surface area contributed by atoms with Crippen molar-refractivity contribution in [3.05, 3.63) is 76.3 Å². The number of hydrogen-bond donors (Lipinski definition) is 3. The molecule has 4 aromatic rings. The molecule has 0 saturated heterocycles. The molecule has 0 atom stereocenters. The molecule has 0 amide bonds. The number of hydrogen-bond acceptors (Lipinski definition) is 7. The van der Waals surface area contributed by atoms with E-state index in [1.54, 1.807) is 17.8 Å². The van der Waals surface area contributed by atoms with E-state index < -0.39 is 4.92 Å². The number of aromatic amines is 1. The third-order valence-electron chi connectivity index (χ3n) is 4.36. The van der Waals surface area contributed by atoms with Crippen LogP contribution >= 0.6 is 11.8 Å². The van der Waals surface area contributed by atoms with E-state index in [4.69, 9.17) is 0 Å². The van der Waals surface area contributed by atoms with Gasteiger partial charge in [0, 0.05) is 24.1 Å². The standard InChI is InChI=1S/C21H20N6O2S/c1-14-5-4-6-15(13-14)23-19-10-9-18(27(28)29)20(26-19)22-11-12-30-21-24-16-7-2-3-8-17(16)25-21/h2-10,13H,11-12H2,1H3,(H,24,25)(H2,22,23,26). The number of H-pyrrole nitrogens is 1. The minimum absolute atomic E-state index is 0.0569. The number of anilines is 3. The molecule has 0 unspecified atom stereocenters. The van der Waals surface area contributed by atoms with Crippen LogP contribution in [-0.4, -0.2) is 32.2 Å². The Bertz CT molecular complexity index is 1160. The number of imidazole rings is 1. The molecule has 0 fully saturated rings. The molecule has 152 valence electrons. The summed E-state index contributed by atoms with van der Waals surface area (Å²) in [5.74, 6) is 1.45. The highest BCUT2D eigenvalue weighted by atomic mass is 32.2. The lowest BCUT2D eigenvalue weighted by Gasteiger charge is -2.10. The summed E-state index contributed by atoms with van der Waals surface area (Å²) in [4.78, 5) is 23.1. The van der Waals surface area contributed by atoms with E-state index in [1.165, 1.54) is 6.07 Å². The smallest absolute Gasteiger partial charge is 0.311 e. The molecule has 0 aliphatic carbocycles. The average Bonchev–Trinajstić information content (AvgIpc) is 3.14. The Morgan fingerprint density at radius 2 is 1.97 bits per heavy atom. The maximum absolute atomic E-state index is 11.4. The molecule has 2 aromatic heterocycles. The van der Waals surface area contributed by atoms with Gasteiger partial charge in [-0.2, -0.15) is 0 Å². The maximum atomic E-state index is 11.4. The molecule has 4 rings (SSSR count). The fraction of sp³-hybridized carbons (Fsp3) is 0.143. The quantitative estimate of drug-likeness (QED) is 0.157. The normalized spacial score (nSPS) is 10.8. The van der Waals surface area contributed by atoms with E-state index in [-0.39, 0.29) is 11.5 Å². The van der Waals surface area contributed by atoms with Crippen molar-refractivity contribution in [1.82, 2.24) is 15.0 Å². The highest BCUT2D eigenvalue weighted by Gasteiger charge is 2.16. The monoisotopic (exact) mass is 420 g/mol. The zero-order valence-electron chi connectivity index (χ0n) is 16.3. The largest absolute Gasteiger partial charge is 0.363 e. The Kier molecular flexibility index (Phi) is 5.80. The van der Waals surface area contributed by atoms with Crippen molar-refractivity contribution < 1.29 is 4.92 Å². The number of nitrogens with zero attached hydrogens (tertiary/aromatic N) is 3. The van der Waals surface area contributed by atoms with Crippen molar-refractivity contribution in [3.8, 4) is 0 Å². The van der Waals surface area contributed by atoms with Crippen LogP contribution in [0.5, 0.6) is 0 Å². The van der Waals surface area contributed by atoms with E-state index in [0.717, 1.165) is 27.4 Å². The molecular weight excluding hydrogens is 400 g/mol. The van der Waals surface area contributed by atoms with Crippen LogP contribution in [0.25, 0.3) is 11.0 Å². The second-order valence-electron chi connectivity index (χ2n) is 6.65. The first-order valence-corrected chi connectivity index (χ1v) is 10.4. The van der Waals surface area contributed by atoms with Gasteiger partial charge < -0.3 is 15.6 Å². The van der Waals surface area contributed by atoms with Crippen molar-refractivity contribution in [2.45, 2.75) is 12.1 Å². The fourth-order valence-corrected chi connectivity index (χ4v) is 3.73. The predicted octanol–water partition coefficient (Wildman–Crippen LogP) is 5.12. The molecule has 2 heterocycles. The van der Waals surface area contributed by atoms with Gasteiger partial charge in [0.25, 0.3) is 0 Å². The average molecular weight is 420 g/mol. The summed E-state index contributed by atoms with van der Waals surface area (Å²) in [6.07, 6.45) is 0. The maximum Gasteiger partial charge on any atom is 0.311 e. The Hall–Kier alpha value is -3.59. The number of rotatable bonds is 8. The number of thioether (sulfide) groups is 1. The molecular formula is C21H20N6O2S. The molecule has 30 heavy (non-hydrogen) atoms. The first-order valence-electron chi connectivity index (χ1n) is 9.39. The van der Waals surface area contributed by atoms with Crippen LogP contribution in [-0.2, 0) is 0 Å². The predicted molar refractivity (Wildman–Crippen MR) is 121 cm³/mol. The zero-order chi connectivity index (χ0) is 20.9. The third kappa shape index (κ3) is 4.69. The van der Waals surface area contributed by atoms with Gasteiger partial charge in [-0.05, 0) is 42.8 Å². The lowest BCUT2D eigenvalue weighted by atomic mass is 10.2. The fourth-order valence-electron chi connectivity index (χ4n) is 2.98. The van der Waals surface area contributed by atoms with Gasteiger partial charge in [-0.1, -0.05) is 36.0 Å². The minimum Gasteiger partial charge on any atom is -0.363 e. The molecule has 9 heteroatoms. The Balaban J connectivity index is 1.41. The van der Waals surface area contributed by atoms with Crippen LogP contribution in [0.15, 0.2) is 65.8 Å². The van der Waals surface area contributed by atoms with Gasteiger partial charge in [-0.25, -0.2) is 9.97 Å². The molecule has 3 N–H and O–H groups in total. The number of para-hydroxylation sites is 2. The van der Waals surface area contributed by atoms with Crippen LogP contribution in [0.1, 0.15) is 5.56 Å². The summed E-state index contributed by atoms with van der Waals surface area (Å²) in [6, 6.07) is 18.8. The lowest BCUT2D eigenvalue weighted by molar-refractivity contribution is -0.384. The lowest BCUT2D eigenvalue weighted by Crippen LogP contribution is -2.09. The number of pyridine rings is 1. The van der Waals surface area contributed by atoms with E-state index >= 15 is 0 Å². The van der Waals surface area contributed by atoms with Crippen molar-refractivity contribution in [2.24, 2.45) is 0 Å². The van der Waals surface area contributed by atoms with Gasteiger partial charge in [0.05, 0.1) is 16.0 Å². The van der Waals surface area contributed by atoms with E-state index in [0.29, 0.717) is 18.1 Å². The second-order valence-corrected chi connectivity index (χ2v) is 7.73. The Labute approximate surface area is 177 Å². The summed E-state index contributed by atoms with van der Waals surface area (Å²) in [6.45, 7) is 2.50. The second kappa shape index (κ2) is 8.83. The summed E-state index contributed by atoms with van der Waals surface area (Å²) in [7, 11) is 0. The summed E-state index contributed by atoms with van der Waals surface area (Å²) >= 11 is 1.55. The number of fused-ring (bicyclic) bond motifs is 1. The topological polar surface area (TPSA) is 109 Å². The SMILES string of the molecule is Cc1cccc(Nc2ccc([N+](=O)[O-])c(NCCSc3nc4ccccc4[nH]3)n2)c1. The molecule has 2 aromatic carbocycles. The molecule has 8 nitrogen and oxygen atoms in total. The van der Waals surface area contributed by atoms with Crippen LogP contribution in [0.3, 0.4) is 0 Å². The molecule has 0 bridgehead atoms. The van der Waals surface area contributed by atoms with Gasteiger partial charge in [-0.15, -0.1) is 0 Å². The Morgan fingerprint density at radius 3 is 2.77 bits per heavy atom. The van der Waals surface area contributed by atoms with Gasteiger partial charge in [0.15, 0.2) is 5.16 Å². The van der Waals surface area contributed by atoms with Crippen molar-refractivity contribution in [1.29, 1.82) is 0 Å². The highest BCUT2D eigenvalue weighted by Crippen LogP contribution is 2.26. The number of aromatic nitrogens is 3. The van der Waals surface area contributed by atoms with Crippen LogP contribution < -0.4 is 10.6 Å². The summed E-state index contributed by atoms with van der Waals surface area (Å²) in [5, 5.41) is 18.5. The number of benzene rings is 2. The Morgan fingerprint density at radius 1 is 1.10 bits per heavy atom. The first kappa shape index (κ1) is 19.7. The number of nitrogens with one attached hydrogen (secondary N) is 3. The van der Waals surface area contributed by atoms with Gasteiger partial charge in [-0.3, -0.25) is 10.1 Å². The summed E-state index contributed by atoms with van der Waals surface area (Å²) < 4.78 is 0. The molecule has 0 spiro atoms. The molecule has 0 radical (unpaired) electrons. The number of nitro groups is 1. The molecule has 0 aliphatic heterocycles. The molecule has 0 aliphatic rings. The van der Waals surface area contributed by atoms with Gasteiger partial charge in [0.1, 0.15) is 5.82 Å². The number of aryl methyl sites for hydroxylation is 1. The van der Waals surface area contributed by atoms with E-state index in [2.05, 4.69) is 25.6 Å². The van der Waals surface area contributed by atoms with E-state index in [9.17, 15) is 10.1 Å². The van der Waals surface area contributed by atoms with Crippen molar-refractivity contribution in [2.75, 3.05) is 22.9 Å². The minimum atomic E-state index is -0.432. The molecule has 0 saturated carbocycles. The van der Waals surface area contributed by atoms with Crippen LogP contribution in [0, 0.1) is 17.0 Å². The summed E-state index contributed by atoms with van der Waals surface area (Å²) in [5.41, 5.74) is 3.84. The van der Waals surface area contributed by atoms with Crippen molar-refractivity contribution >= 4 is 45.8 Å². The first-order chi connectivity index (χ1) is 14.6. The highest BCUT2D eigenvalue weighted by molar-refractivity contribution is 7.99. The van der Waals surface area contributed by atoms with Gasteiger partial charge >= 0.3 is 5.69 Å². The van der Waals surface area contributed by atoms with E-state index in [1.807, 2.05) is 55.5 Å². The van der Waals surface area contributed by atoms with Crippen LogP contribution in [0.4, 0.5) is 23.0 Å². The van der Waals surface area contributed by atoms with Crippen molar-refractivity contribution in [3.63, 3.8) is 0 Å². The third-order valence-corrected chi connectivity index (χ3v) is 5.24. The van der Waals surface area contributed by atoms with Crippen LogP contribution in [0.2, 0.25) is 0 Å².